The van der Waals surface area contributed by atoms with Crippen molar-refractivity contribution in [2.75, 3.05) is 12.4 Å². The van der Waals surface area contributed by atoms with Crippen LogP contribution in [0.15, 0.2) is 60.9 Å². The smallest absolute Gasteiger partial charge is 0.358 e. The molecule has 0 aliphatic carbocycles. The Morgan fingerprint density at radius 1 is 1.06 bits per heavy atom. The summed E-state index contributed by atoms with van der Waals surface area (Å²) < 4.78 is 8.32. The summed E-state index contributed by atoms with van der Waals surface area (Å²) >= 11 is 0. The number of anilines is 1. The number of carboxylic acid groups (broad SMARTS) is 1. The number of nitrogens with zero attached hydrogens (tertiary/aromatic N) is 5. The molecule has 2 aromatic carbocycles. The molecule has 0 aliphatic rings. The van der Waals surface area contributed by atoms with Crippen LogP contribution in [-0.4, -0.2) is 48.9 Å². The Morgan fingerprint density at radius 3 is 2.48 bits per heavy atom. The molecule has 0 radical (unpaired) electrons. The molecule has 10 heteroatoms. The highest BCUT2D eigenvalue weighted by Crippen LogP contribution is 2.31. The van der Waals surface area contributed by atoms with Gasteiger partial charge in [0.05, 0.1) is 24.6 Å². The number of carbonyl (C=O) groups is 2. The van der Waals surface area contributed by atoms with E-state index < -0.39 is 5.97 Å². The minimum Gasteiger partial charge on any atom is -0.496 e. The van der Waals surface area contributed by atoms with Crippen LogP contribution in [0.2, 0.25) is 0 Å². The van der Waals surface area contributed by atoms with Gasteiger partial charge in [-0.25, -0.2) is 9.48 Å². The van der Waals surface area contributed by atoms with Crippen molar-refractivity contribution in [1.29, 1.82) is 0 Å². The predicted octanol–water partition coefficient (Wildman–Crippen LogP) is 2.63. The maximum Gasteiger partial charge on any atom is 0.358 e. The highest BCUT2D eigenvalue weighted by Gasteiger charge is 2.20. The molecule has 156 valence electrons. The number of methoxy groups -OCH3 is 1. The molecule has 0 unspecified atom stereocenters. The second-order valence-electron chi connectivity index (χ2n) is 6.62. The Morgan fingerprint density at radius 2 is 1.81 bits per heavy atom. The highest BCUT2D eigenvalue weighted by atomic mass is 16.5. The Bertz CT molecular complexity index is 1260. The lowest BCUT2D eigenvalue weighted by Gasteiger charge is -2.09. The largest absolute Gasteiger partial charge is 0.496 e. The number of aromatic nitrogens is 5. The van der Waals surface area contributed by atoms with Crippen LogP contribution in [-0.2, 0) is 7.05 Å². The molecule has 0 saturated heterocycles. The highest BCUT2D eigenvalue weighted by molar-refractivity contribution is 6.08. The standard InChI is InChI=1S/C21H18N6O4/c1-26-11-16(19(24-26)15-5-3-4-6-18(15)31-2)20(28)22-13-7-9-14(10-8-13)27-12-17(21(29)30)23-25-27/h3-12H,1-2H3,(H,22,28)(H,29,30). The van der Waals surface area contributed by atoms with Crippen molar-refractivity contribution in [1.82, 2.24) is 24.8 Å². The SMILES string of the molecule is COc1ccccc1-c1nn(C)cc1C(=O)Nc1ccc(-n2cc(C(=O)O)nn2)cc1. The second kappa shape index (κ2) is 8.11. The molecule has 4 aromatic rings. The molecule has 0 spiro atoms. The Hall–Kier alpha value is -4.47. The van der Waals surface area contributed by atoms with Crippen LogP contribution in [0.5, 0.6) is 5.75 Å². The normalized spacial score (nSPS) is 10.6. The first-order chi connectivity index (χ1) is 15.0. The molecular weight excluding hydrogens is 400 g/mol. The van der Waals surface area contributed by atoms with Gasteiger partial charge in [0.2, 0.25) is 0 Å². The van der Waals surface area contributed by atoms with E-state index in [1.807, 2.05) is 24.3 Å². The van der Waals surface area contributed by atoms with Crippen LogP contribution in [0.1, 0.15) is 20.8 Å². The van der Waals surface area contributed by atoms with Crippen molar-refractivity contribution in [2.45, 2.75) is 0 Å². The van der Waals surface area contributed by atoms with Crippen molar-refractivity contribution in [2.24, 2.45) is 7.05 Å². The average molecular weight is 418 g/mol. The van der Waals surface area contributed by atoms with Crippen molar-refractivity contribution in [3.05, 3.63) is 72.2 Å². The molecule has 4 rings (SSSR count). The van der Waals surface area contributed by atoms with Gasteiger partial charge < -0.3 is 15.2 Å². The average Bonchev–Trinajstić information content (AvgIpc) is 3.41. The number of hydrogen-bond acceptors (Lipinski definition) is 6. The van der Waals surface area contributed by atoms with Gasteiger partial charge in [0.1, 0.15) is 11.4 Å². The molecule has 1 amide bonds. The third-order valence-corrected chi connectivity index (χ3v) is 4.54. The molecular formula is C21H18N6O4. The molecule has 10 nitrogen and oxygen atoms in total. The lowest BCUT2D eigenvalue weighted by molar-refractivity contribution is 0.0690. The van der Waals surface area contributed by atoms with Gasteiger partial charge >= 0.3 is 5.97 Å². The number of carboxylic acids is 1. The molecule has 0 aliphatic heterocycles. The number of nitrogens with one attached hydrogen (secondary N) is 1. The molecule has 0 atom stereocenters. The minimum atomic E-state index is -1.16. The number of aromatic carboxylic acids is 1. The lowest BCUT2D eigenvalue weighted by Crippen LogP contribution is -2.12. The third-order valence-electron chi connectivity index (χ3n) is 4.54. The Labute approximate surface area is 176 Å². The van der Waals surface area contributed by atoms with Gasteiger partial charge in [-0.05, 0) is 36.4 Å². The molecule has 0 fully saturated rings. The summed E-state index contributed by atoms with van der Waals surface area (Å²) in [5.74, 6) is -0.860. The molecule has 0 saturated carbocycles. The topological polar surface area (TPSA) is 124 Å². The summed E-state index contributed by atoms with van der Waals surface area (Å²) in [6.07, 6.45) is 2.96. The zero-order chi connectivity index (χ0) is 22.0. The van der Waals surface area contributed by atoms with E-state index in [9.17, 15) is 9.59 Å². The van der Waals surface area contributed by atoms with Gasteiger partial charge in [0, 0.05) is 24.5 Å². The van der Waals surface area contributed by atoms with E-state index >= 15 is 0 Å². The first kappa shape index (κ1) is 19.8. The summed E-state index contributed by atoms with van der Waals surface area (Å²) in [7, 11) is 3.31. The summed E-state index contributed by atoms with van der Waals surface area (Å²) in [6, 6.07) is 14.1. The first-order valence-electron chi connectivity index (χ1n) is 9.20. The predicted molar refractivity (Wildman–Crippen MR) is 111 cm³/mol. The van der Waals surface area contributed by atoms with Crippen LogP contribution >= 0.6 is 0 Å². The maximum atomic E-state index is 13.0. The van der Waals surface area contributed by atoms with E-state index in [-0.39, 0.29) is 11.6 Å². The van der Waals surface area contributed by atoms with Gasteiger partial charge in [0.15, 0.2) is 5.69 Å². The number of para-hydroxylation sites is 1. The van der Waals surface area contributed by atoms with Crippen molar-refractivity contribution < 1.29 is 19.4 Å². The fourth-order valence-corrected chi connectivity index (χ4v) is 3.08. The van der Waals surface area contributed by atoms with Gasteiger partial charge in [-0.3, -0.25) is 9.48 Å². The summed E-state index contributed by atoms with van der Waals surface area (Å²) in [4.78, 5) is 23.9. The van der Waals surface area contributed by atoms with E-state index in [0.717, 1.165) is 0 Å². The van der Waals surface area contributed by atoms with E-state index in [0.29, 0.717) is 33.9 Å². The number of aryl methyl sites for hydroxylation is 1. The fraction of sp³-hybridized carbons (Fsp3) is 0.0952. The Kier molecular flexibility index (Phi) is 5.19. The molecule has 2 heterocycles. The van der Waals surface area contributed by atoms with E-state index in [4.69, 9.17) is 9.84 Å². The van der Waals surface area contributed by atoms with Crippen molar-refractivity contribution >= 4 is 17.6 Å². The number of ether oxygens (including phenoxy) is 1. The molecule has 31 heavy (non-hydrogen) atoms. The van der Waals surface area contributed by atoms with Gasteiger partial charge in [-0.15, -0.1) is 5.10 Å². The molecule has 2 N–H and O–H groups in total. The van der Waals surface area contributed by atoms with Crippen LogP contribution in [0.3, 0.4) is 0 Å². The van der Waals surface area contributed by atoms with Crippen LogP contribution in [0, 0.1) is 0 Å². The number of amides is 1. The summed E-state index contributed by atoms with van der Waals surface area (Å²) in [5, 5.41) is 23.6. The first-order valence-corrected chi connectivity index (χ1v) is 9.20. The lowest BCUT2D eigenvalue weighted by atomic mass is 10.1. The van der Waals surface area contributed by atoms with Crippen LogP contribution in [0.25, 0.3) is 16.9 Å². The van der Waals surface area contributed by atoms with Gasteiger partial charge in [-0.2, -0.15) is 5.10 Å². The molecule has 2 aromatic heterocycles. The molecule has 0 bridgehead atoms. The number of rotatable bonds is 6. The maximum absolute atomic E-state index is 13.0. The zero-order valence-electron chi connectivity index (χ0n) is 16.7. The van der Waals surface area contributed by atoms with E-state index in [1.54, 1.807) is 49.3 Å². The zero-order valence-corrected chi connectivity index (χ0v) is 16.7. The monoisotopic (exact) mass is 418 g/mol. The van der Waals surface area contributed by atoms with Crippen molar-refractivity contribution in [3.8, 4) is 22.7 Å². The second-order valence-corrected chi connectivity index (χ2v) is 6.62. The van der Waals surface area contributed by atoms with E-state index in [2.05, 4.69) is 20.7 Å². The van der Waals surface area contributed by atoms with Gasteiger partial charge in [0.25, 0.3) is 5.91 Å². The van der Waals surface area contributed by atoms with Crippen LogP contribution < -0.4 is 10.1 Å². The summed E-state index contributed by atoms with van der Waals surface area (Å²) in [5.41, 5.74) is 2.64. The van der Waals surface area contributed by atoms with Crippen molar-refractivity contribution in [3.63, 3.8) is 0 Å². The van der Waals surface area contributed by atoms with Gasteiger partial charge in [-0.1, -0.05) is 17.3 Å². The number of benzene rings is 2. The summed E-state index contributed by atoms with van der Waals surface area (Å²) in [6.45, 7) is 0. The Balaban J connectivity index is 1.57. The minimum absolute atomic E-state index is 0.155. The van der Waals surface area contributed by atoms with E-state index in [1.165, 1.54) is 10.9 Å². The third kappa shape index (κ3) is 3.99. The number of hydrogen-bond donors (Lipinski definition) is 2. The fourth-order valence-electron chi connectivity index (χ4n) is 3.08. The quantitative estimate of drug-likeness (QED) is 0.493. The number of carbonyl (C=O) groups excluding carboxylic acids is 1. The van der Waals surface area contributed by atoms with Crippen LogP contribution in [0.4, 0.5) is 5.69 Å².